The minimum absolute atomic E-state index is 0.241. The smallest absolute Gasteiger partial charge is 0.420 e. The van der Waals surface area contributed by atoms with Crippen LogP contribution < -0.4 is 5.73 Å². The lowest BCUT2D eigenvalue weighted by Crippen LogP contribution is -2.32. The highest BCUT2D eigenvalue weighted by Gasteiger charge is 2.40. The Labute approximate surface area is 108 Å². The molecule has 3 nitrogen and oxygen atoms in total. The van der Waals surface area contributed by atoms with Crippen molar-refractivity contribution in [3.05, 3.63) is 23.3 Å². The van der Waals surface area contributed by atoms with Crippen LogP contribution in [0, 0.1) is 0 Å². The fourth-order valence-corrected chi connectivity index (χ4v) is 2.87. The van der Waals surface area contributed by atoms with Gasteiger partial charge in [-0.2, -0.15) is 13.2 Å². The molecule has 4 N–H and O–H groups in total. The number of nitrogens with two attached hydrogens (primary N) is 1. The quantitative estimate of drug-likeness (QED) is 0.727. The molecule has 0 amide bonds. The summed E-state index contributed by atoms with van der Waals surface area (Å²) in [4.78, 5) is 0. The largest absolute Gasteiger partial charge is 0.504 e. The summed E-state index contributed by atoms with van der Waals surface area (Å²) in [5.74, 6) is -1.80. The number of rotatable bonds is 2. The minimum atomic E-state index is -4.69. The number of phenolic OH excluding ortho intramolecular Hbond substituents is 2. The molecule has 0 heterocycles. The summed E-state index contributed by atoms with van der Waals surface area (Å²) in [5, 5.41) is 19.5. The maximum absolute atomic E-state index is 12.6. The summed E-state index contributed by atoms with van der Waals surface area (Å²) in [6, 6.07) is 2.04. The monoisotopic (exact) mass is 275 g/mol. The van der Waals surface area contributed by atoms with E-state index in [1.54, 1.807) is 0 Å². The predicted molar refractivity (Wildman–Crippen MR) is 64.0 cm³/mol. The number of alkyl halides is 3. The molecule has 0 radical (unpaired) electrons. The molecule has 2 rings (SSSR count). The van der Waals surface area contributed by atoms with Gasteiger partial charge in [0.1, 0.15) is 5.56 Å². The minimum Gasteiger partial charge on any atom is -0.504 e. The van der Waals surface area contributed by atoms with Crippen LogP contribution >= 0.6 is 0 Å². The average molecular weight is 275 g/mol. The summed E-state index contributed by atoms with van der Waals surface area (Å²) in [5.41, 5.74) is 4.30. The van der Waals surface area contributed by atoms with Crippen LogP contribution in [0.5, 0.6) is 11.5 Å². The Morgan fingerprint density at radius 2 is 1.68 bits per heavy atom. The van der Waals surface area contributed by atoms with E-state index >= 15 is 0 Å². The van der Waals surface area contributed by atoms with Crippen molar-refractivity contribution in [3.63, 3.8) is 0 Å². The van der Waals surface area contributed by atoms with Crippen molar-refractivity contribution >= 4 is 0 Å². The Hall–Kier alpha value is -1.43. The Bertz CT molecular complexity index is 480. The highest BCUT2D eigenvalue weighted by atomic mass is 19.4. The lowest BCUT2D eigenvalue weighted by Gasteiger charge is -2.29. The zero-order valence-corrected chi connectivity index (χ0v) is 10.3. The highest BCUT2D eigenvalue weighted by molar-refractivity contribution is 5.54. The van der Waals surface area contributed by atoms with Crippen LogP contribution in [-0.4, -0.2) is 16.8 Å². The number of halogens is 3. The van der Waals surface area contributed by atoms with Crippen LogP contribution in [0.2, 0.25) is 0 Å². The van der Waals surface area contributed by atoms with Gasteiger partial charge in [0.15, 0.2) is 11.5 Å². The van der Waals surface area contributed by atoms with Gasteiger partial charge in [-0.1, -0.05) is 18.9 Å². The zero-order valence-electron chi connectivity index (χ0n) is 10.3. The Balaban J connectivity index is 2.53. The third-order valence-corrected chi connectivity index (χ3v) is 3.98. The molecule has 19 heavy (non-hydrogen) atoms. The molecule has 0 saturated heterocycles. The molecule has 1 aromatic carbocycles. The SMILES string of the molecule is NCC1(c2ccc(C(F)(F)F)c(O)c2O)CCCC1. The number of phenols is 2. The van der Waals surface area contributed by atoms with Crippen molar-refractivity contribution in [3.8, 4) is 11.5 Å². The maximum atomic E-state index is 12.6. The summed E-state index contributed by atoms with van der Waals surface area (Å²) in [6.07, 6.45) is -1.44. The van der Waals surface area contributed by atoms with Gasteiger partial charge in [-0.3, -0.25) is 0 Å². The lowest BCUT2D eigenvalue weighted by molar-refractivity contribution is -0.138. The first-order valence-corrected chi connectivity index (χ1v) is 6.14. The molecule has 0 spiro atoms. The molecule has 0 bridgehead atoms. The van der Waals surface area contributed by atoms with Gasteiger partial charge < -0.3 is 15.9 Å². The molecule has 0 unspecified atom stereocenters. The first-order valence-electron chi connectivity index (χ1n) is 6.14. The third-order valence-electron chi connectivity index (χ3n) is 3.98. The van der Waals surface area contributed by atoms with E-state index in [0.717, 1.165) is 18.9 Å². The van der Waals surface area contributed by atoms with Gasteiger partial charge in [-0.05, 0) is 18.9 Å². The van der Waals surface area contributed by atoms with E-state index in [2.05, 4.69) is 0 Å². The van der Waals surface area contributed by atoms with Gasteiger partial charge in [-0.25, -0.2) is 0 Å². The molecular weight excluding hydrogens is 259 g/mol. The van der Waals surface area contributed by atoms with E-state index in [1.165, 1.54) is 6.07 Å². The van der Waals surface area contributed by atoms with Crippen molar-refractivity contribution in [2.45, 2.75) is 37.3 Å². The number of benzene rings is 1. The molecule has 106 valence electrons. The predicted octanol–water partition coefficient (Wildman–Crippen LogP) is 2.89. The number of hydrogen-bond acceptors (Lipinski definition) is 3. The van der Waals surface area contributed by atoms with Crippen molar-refractivity contribution < 1.29 is 23.4 Å². The molecule has 0 aliphatic heterocycles. The number of aromatic hydroxyl groups is 2. The van der Waals surface area contributed by atoms with Crippen LogP contribution in [0.1, 0.15) is 36.8 Å². The van der Waals surface area contributed by atoms with E-state index in [4.69, 9.17) is 5.73 Å². The molecule has 0 aromatic heterocycles. The van der Waals surface area contributed by atoms with Gasteiger partial charge in [0.05, 0.1) is 0 Å². The van der Waals surface area contributed by atoms with E-state index < -0.39 is 28.7 Å². The van der Waals surface area contributed by atoms with Gasteiger partial charge >= 0.3 is 6.18 Å². The summed E-state index contributed by atoms with van der Waals surface area (Å²) < 4.78 is 37.9. The second kappa shape index (κ2) is 4.59. The topological polar surface area (TPSA) is 66.5 Å². The van der Waals surface area contributed by atoms with Gasteiger partial charge in [0, 0.05) is 17.5 Å². The van der Waals surface area contributed by atoms with Gasteiger partial charge in [-0.15, -0.1) is 0 Å². The summed E-state index contributed by atoms with van der Waals surface area (Å²) in [6.45, 7) is 0.241. The molecule has 1 aliphatic carbocycles. The first-order chi connectivity index (χ1) is 8.82. The van der Waals surface area contributed by atoms with Crippen LogP contribution in [-0.2, 0) is 11.6 Å². The van der Waals surface area contributed by atoms with Crippen LogP contribution in [0.15, 0.2) is 12.1 Å². The van der Waals surface area contributed by atoms with E-state index in [1.807, 2.05) is 0 Å². The van der Waals surface area contributed by atoms with Crippen LogP contribution in [0.3, 0.4) is 0 Å². The van der Waals surface area contributed by atoms with Crippen LogP contribution in [0.25, 0.3) is 0 Å². The summed E-state index contributed by atoms with van der Waals surface area (Å²) >= 11 is 0. The average Bonchev–Trinajstić information content (AvgIpc) is 2.80. The first kappa shape index (κ1) is 14.0. The molecule has 0 atom stereocenters. The van der Waals surface area contributed by atoms with E-state index in [-0.39, 0.29) is 6.54 Å². The van der Waals surface area contributed by atoms with E-state index in [9.17, 15) is 23.4 Å². The molecule has 6 heteroatoms. The maximum Gasteiger partial charge on any atom is 0.420 e. The van der Waals surface area contributed by atoms with Gasteiger partial charge in [0.2, 0.25) is 0 Å². The normalized spacial score (nSPS) is 18.7. The Kier molecular flexibility index (Phi) is 3.38. The molecular formula is C13H16F3NO2. The van der Waals surface area contributed by atoms with Crippen molar-refractivity contribution in [1.29, 1.82) is 0 Å². The second-order valence-electron chi connectivity index (χ2n) is 5.05. The van der Waals surface area contributed by atoms with Crippen LogP contribution in [0.4, 0.5) is 13.2 Å². The Morgan fingerprint density at radius 1 is 1.11 bits per heavy atom. The molecule has 1 saturated carbocycles. The fraction of sp³-hybridized carbons (Fsp3) is 0.538. The van der Waals surface area contributed by atoms with Gasteiger partial charge in [0.25, 0.3) is 0 Å². The zero-order chi connectivity index (χ0) is 14.3. The van der Waals surface area contributed by atoms with Crippen molar-refractivity contribution in [2.24, 2.45) is 5.73 Å². The Morgan fingerprint density at radius 3 is 2.16 bits per heavy atom. The second-order valence-corrected chi connectivity index (χ2v) is 5.05. The lowest BCUT2D eigenvalue weighted by atomic mass is 9.78. The fourth-order valence-electron chi connectivity index (χ4n) is 2.87. The highest BCUT2D eigenvalue weighted by Crippen LogP contribution is 2.49. The standard InChI is InChI=1S/C13H16F3NO2/c14-13(15,16)9-4-3-8(10(18)11(9)19)12(7-17)5-1-2-6-12/h3-4,18-19H,1-2,5-7,17H2. The van der Waals surface area contributed by atoms with Crippen molar-refractivity contribution in [2.75, 3.05) is 6.54 Å². The summed E-state index contributed by atoms with van der Waals surface area (Å²) in [7, 11) is 0. The van der Waals surface area contributed by atoms with Crippen molar-refractivity contribution in [1.82, 2.24) is 0 Å². The molecule has 1 aromatic rings. The van der Waals surface area contributed by atoms with E-state index in [0.29, 0.717) is 18.4 Å². The molecule has 1 aliphatic rings. The third kappa shape index (κ3) is 2.25. The molecule has 1 fully saturated rings. The number of hydrogen-bond donors (Lipinski definition) is 3.